The molecular weight excluding hydrogens is 246 g/mol. The van der Waals surface area contributed by atoms with Crippen molar-refractivity contribution >= 4 is 15.8 Å². The predicted octanol–water partition coefficient (Wildman–Crippen LogP) is -1.22. The molecule has 2 aliphatic heterocycles. The number of aliphatic hydroxyl groups excluding tert-OH is 1. The number of esters is 1. The van der Waals surface area contributed by atoms with Crippen LogP contribution < -0.4 is 0 Å². The van der Waals surface area contributed by atoms with E-state index < -0.39 is 28.0 Å². The third-order valence-electron chi connectivity index (χ3n) is 3.49. The van der Waals surface area contributed by atoms with Crippen molar-refractivity contribution in [2.24, 2.45) is 0 Å². The van der Waals surface area contributed by atoms with Gasteiger partial charge in [0.15, 0.2) is 9.84 Å². The highest BCUT2D eigenvalue weighted by Gasteiger charge is 2.45. The van der Waals surface area contributed by atoms with Crippen LogP contribution in [0.1, 0.15) is 12.8 Å². The van der Waals surface area contributed by atoms with Gasteiger partial charge in [0.1, 0.15) is 6.04 Å². The van der Waals surface area contributed by atoms with Gasteiger partial charge in [-0.05, 0) is 19.4 Å². The Morgan fingerprint density at radius 1 is 1.41 bits per heavy atom. The zero-order valence-corrected chi connectivity index (χ0v) is 10.5. The number of carbonyl (C=O) groups excluding carboxylic acids is 1. The van der Waals surface area contributed by atoms with Crippen molar-refractivity contribution in [3.63, 3.8) is 0 Å². The number of methoxy groups -OCH3 is 1. The van der Waals surface area contributed by atoms with Crippen LogP contribution in [0.2, 0.25) is 0 Å². The molecule has 0 bridgehead atoms. The van der Waals surface area contributed by atoms with E-state index in [-0.39, 0.29) is 17.5 Å². The van der Waals surface area contributed by atoms with Gasteiger partial charge in [-0.15, -0.1) is 0 Å². The molecule has 0 amide bonds. The van der Waals surface area contributed by atoms with Crippen molar-refractivity contribution in [2.45, 2.75) is 31.0 Å². The fourth-order valence-corrected chi connectivity index (χ4v) is 4.51. The van der Waals surface area contributed by atoms with Gasteiger partial charge < -0.3 is 9.84 Å². The highest BCUT2D eigenvalue weighted by atomic mass is 32.2. The number of nitrogens with zero attached hydrogens (tertiary/aromatic N) is 1. The van der Waals surface area contributed by atoms with E-state index in [1.54, 1.807) is 4.90 Å². The van der Waals surface area contributed by atoms with Crippen LogP contribution >= 0.6 is 0 Å². The lowest BCUT2D eigenvalue weighted by Crippen LogP contribution is -2.48. The average molecular weight is 263 g/mol. The summed E-state index contributed by atoms with van der Waals surface area (Å²) in [4.78, 5) is 13.3. The van der Waals surface area contributed by atoms with E-state index in [1.165, 1.54) is 7.11 Å². The van der Waals surface area contributed by atoms with Gasteiger partial charge in [0.25, 0.3) is 0 Å². The Morgan fingerprint density at radius 2 is 2.12 bits per heavy atom. The molecule has 17 heavy (non-hydrogen) atoms. The van der Waals surface area contributed by atoms with Crippen LogP contribution in [0, 0.1) is 0 Å². The molecule has 2 aliphatic rings. The van der Waals surface area contributed by atoms with Crippen LogP contribution in [-0.2, 0) is 19.4 Å². The summed E-state index contributed by atoms with van der Waals surface area (Å²) in [7, 11) is -1.86. The van der Waals surface area contributed by atoms with Crippen LogP contribution in [0.4, 0.5) is 0 Å². The minimum Gasteiger partial charge on any atom is -0.468 e. The second kappa shape index (κ2) is 4.55. The zero-order chi connectivity index (χ0) is 12.6. The van der Waals surface area contributed by atoms with Gasteiger partial charge in [-0.2, -0.15) is 0 Å². The lowest BCUT2D eigenvalue weighted by atomic mass is 10.1. The molecule has 2 fully saturated rings. The molecule has 0 radical (unpaired) electrons. The summed E-state index contributed by atoms with van der Waals surface area (Å²) >= 11 is 0. The Labute approximate surface area is 100 Å². The van der Waals surface area contributed by atoms with Crippen molar-refractivity contribution < 1.29 is 23.1 Å². The minimum atomic E-state index is -3.18. The van der Waals surface area contributed by atoms with Crippen molar-refractivity contribution in [1.82, 2.24) is 4.90 Å². The topological polar surface area (TPSA) is 83.9 Å². The average Bonchev–Trinajstić information content (AvgIpc) is 2.81. The Morgan fingerprint density at radius 3 is 2.65 bits per heavy atom. The van der Waals surface area contributed by atoms with Crippen molar-refractivity contribution in [3.05, 3.63) is 0 Å². The highest BCUT2D eigenvalue weighted by Crippen LogP contribution is 2.27. The number of hydrogen-bond donors (Lipinski definition) is 1. The number of hydrogen-bond acceptors (Lipinski definition) is 6. The van der Waals surface area contributed by atoms with Crippen LogP contribution in [0.25, 0.3) is 0 Å². The summed E-state index contributed by atoms with van der Waals surface area (Å²) in [6.45, 7) is 0.636. The molecule has 0 aromatic heterocycles. The molecule has 6 nitrogen and oxygen atoms in total. The van der Waals surface area contributed by atoms with E-state index in [1.807, 2.05) is 0 Å². The quantitative estimate of drug-likeness (QED) is 0.629. The lowest BCUT2D eigenvalue weighted by molar-refractivity contribution is -0.147. The lowest BCUT2D eigenvalue weighted by Gasteiger charge is -2.29. The Hall–Kier alpha value is -0.660. The first-order valence-electron chi connectivity index (χ1n) is 5.66. The third-order valence-corrected chi connectivity index (χ3v) is 5.19. The van der Waals surface area contributed by atoms with E-state index in [2.05, 4.69) is 0 Å². The SMILES string of the molecule is COC(=O)C1CCCN1C1CS(=O)(=O)CC1O. The summed E-state index contributed by atoms with van der Waals surface area (Å²) in [5.74, 6) is -0.622. The molecule has 3 atom stereocenters. The number of carbonyl (C=O) groups is 1. The van der Waals surface area contributed by atoms with Gasteiger partial charge in [-0.25, -0.2) is 8.42 Å². The fourth-order valence-electron chi connectivity index (χ4n) is 2.70. The summed E-state index contributed by atoms with van der Waals surface area (Å²) in [5.41, 5.74) is 0. The Kier molecular flexibility index (Phi) is 3.42. The summed E-state index contributed by atoms with van der Waals surface area (Å²) < 4.78 is 27.6. The maximum absolute atomic E-state index is 11.6. The van der Waals surface area contributed by atoms with Gasteiger partial charge in [0, 0.05) is 0 Å². The fraction of sp³-hybridized carbons (Fsp3) is 0.900. The van der Waals surface area contributed by atoms with Gasteiger partial charge in [0.05, 0.1) is 30.8 Å². The van der Waals surface area contributed by atoms with Crippen LogP contribution in [-0.4, -0.2) is 67.7 Å². The maximum atomic E-state index is 11.6. The molecule has 0 saturated carbocycles. The monoisotopic (exact) mass is 263 g/mol. The first-order chi connectivity index (χ1) is 7.94. The van der Waals surface area contributed by atoms with Crippen LogP contribution in [0.5, 0.6) is 0 Å². The number of likely N-dealkylation sites (tertiary alicyclic amines) is 1. The normalized spacial score (nSPS) is 37.2. The number of rotatable bonds is 2. The molecule has 0 aromatic carbocycles. The number of ether oxygens (including phenoxy) is 1. The highest BCUT2D eigenvalue weighted by molar-refractivity contribution is 7.91. The van der Waals surface area contributed by atoms with E-state index in [4.69, 9.17) is 4.74 Å². The molecular formula is C10H17NO5S. The first kappa shape index (κ1) is 12.8. The molecule has 1 N–H and O–H groups in total. The molecule has 2 rings (SSSR count). The Balaban J connectivity index is 2.14. The summed E-state index contributed by atoms with van der Waals surface area (Å²) in [5, 5.41) is 9.78. The van der Waals surface area contributed by atoms with E-state index >= 15 is 0 Å². The van der Waals surface area contributed by atoms with E-state index in [0.29, 0.717) is 13.0 Å². The number of sulfone groups is 1. The standard InChI is InChI=1S/C10H17NO5S/c1-16-10(13)7-3-2-4-11(7)8-5-17(14,15)6-9(8)12/h7-9,12H,2-6H2,1H3. The van der Waals surface area contributed by atoms with Gasteiger partial charge in [-0.1, -0.05) is 0 Å². The maximum Gasteiger partial charge on any atom is 0.323 e. The molecule has 0 aromatic rings. The Bertz CT molecular complexity index is 407. The van der Waals surface area contributed by atoms with Crippen molar-refractivity contribution in [3.8, 4) is 0 Å². The van der Waals surface area contributed by atoms with E-state index in [0.717, 1.165) is 6.42 Å². The predicted molar refractivity (Wildman–Crippen MR) is 60.2 cm³/mol. The molecule has 2 saturated heterocycles. The molecule has 0 aliphatic carbocycles. The molecule has 98 valence electrons. The molecule has 2 heterocycles. The van der Waals surface area contributed by atoms with Gasteiger partial charge in [0.2, 0.25) is 0 Å². The van der Waals surface area contributed by atoms with Crippen molar-refractivity contribution in [2.75, 3.05) is 25.2 Å². The first-order valence-corrected chi connectivity index (χ1v) is 7.49. The van der Waals surface area contributed by atoms with Crippen molar-refractivity contribution in [1.29, 1.82) is 0 Å². The molecule has 3 unspecified atom stereocenters. The van der Waals surface area contributed by atoms with Crippen LogP contribution in [0.15, 0.2) is 0 Å². The van der Waals surface area contributed by atoms with Gasteiger partial charge >= 0.3 is 5.97 Å². The van der Waals surface area contributed by atoms with E-state index in [9.17, 15) is 18.3 Å². The zero-order valence-electron chi connectivity index (χ0n) is 9.70. The smallest absolute Gasteiger partial charge is 0.323 e. The second-order valence-corrected chi connectivity index (χ2v) is 6.78. The number of aliphatic hydroxyl groups is 1. The summed E-state index contributed by atoms with van der Waals surface area (Å²) in [6.07, 6.45) is 0.587. The minimum absolute atomic E-state index is 0.0678. The van der Waals surface area contributed by atoms with Crippen LogP contribution in [0.3, 0.4) is 0 Å². The molecule has 7 heteroatoms. The third kappa shape index (κ3) is 2.46. The molecule has 0 spiro atoms. The second-order valence-electron chi connectivity index (χ2n) is 4.63. The van der Waals surface area contributed by atoms with Gasteiger partial charge in [-0.3, -0.25) is 9.69 Å². The largest absolute Gasteiger partial charge is 0.468 e. The summed E-state index contributed by atoms with van der Waals surface area (Å²) in [6, 6.07) is -0.875.